The van der Waals surface area contributed by atoms with E-state index in [0.717, 1.165) is 0 Å². The van der Waals surface area contributed by atoms with Crippen LogP contribution in [0.15, 0.2) is 96.3 Å². The summed E-state index contributed by atoms with van der Waals surface area (Å²) in [6.45, 7) is 0. The van der Waals surface area contributed by atoms with Gasteiger partial charge in [-0.05, 0) is 6.07 Å². The number of aliphatic hydroxyl groups excluding tert-OH is 1. The lowest BCUT2D eigenvalue weighted by atomic mass is 9.89. The number of para-hydroxylation sites is 1. The van der Waals surface area contributed by atoms with E-state index in [1.807, 2.05) is 0 Å². The van der Waals surface area contributed by atoms with Crippen LogP contribution in [0.4, 0.5) is 0 Å². The van der Waals surface area contributed by atoms with Crippen molar-refractivity contribution in [2.75, 3.05) is 0 Å². The SMILES string of the molecule is O=C(C1=C(C(=O)c2ccccc2)C(O)c2ccccc2O1)c1ccccc1. The van der Waals surface area contributed by atoms with Crippen molar-refractivity contribution in [1.82, 2.24) is 0 Å². The predicted molar refractivity (Wildman–Crippen MR) is 101 cm³/mol. The minimum atomic E-state index is -1.25. The van der Waals surface area contributed by atoms with E-state index < -0.39 is 17.7 Å². The van der Waals surface area contributed by atoms with Crippen LogP contribution in [-0.4, -0.2) is 16.7 Å². The molecule has 4 nitrogen and oxygen atoms in total. The number of carbonyl (C=O) groups is 2. The Hall–Kier alpha value is -3.50. The average molecular weight is 356 g/mol. The molecule has 1 aliphatic heterocycles. The van der Waals surface area contributed by atoms with Gasteiger partial charge in [0.25, 0.3) is 0 Å². The van der Waals surface area contributed by atoms with Gasteiger partial charge in [0.15, 0.2) is 11.5 Å². The Morgan fingerprint density at radius 1 is 0.704 bits per heavy atom. The Labute approximate surface area is 156 Å². The number of aliphatic hydroxyl groups is 1. The van der Waals surface area contributed by atoms with Crippen molar-refractivity contribution in [1.29, 1.82) is 0 Å². The van der Waals surface area contributed by atoms with E-state index in [-0.39, 0.29) is 11.3 Å². The van der Waals surface area contributed by atoms with E-state index in [0.29, 0.717) is 22.4 Å². The summed E-state index contributed by atoms with van der Waals surface area (Å²) in [5.74, 6) is -0.643. The van der Waals surface area contributed by atoms with Crippen LogP contribution in [0.2, 0.25) is 0 Å². The van der Waals surface area contributed by atoms with Crippen LogP contribution in [-0.2, 0) is 0 Å². The quantitative estimate of drug-likeness (QED) is 0.714. The number of allylic oxidation sites excluding steroid dienone is 1. The molecule has 1 heterocycles. The maximum atomic E-state index is 13.1. The van der Waals surface area contributed by atoms with Crippen LogP contribution in [0.1, 0.15) is 32.4 Å². The first-order valence-electron chi connectivity index (χ1n) is 8.55. The number of Topliss-reactive ketones (excluding diaryl/α,β-unsaturated/α-hetero) is 2. The van der Waals surface area contributed by atoms with E-state index in [1.54, 1.807) is 84.9 Å². The molecule has 0 aliphatic carbocycles. The zero-order valence-corrected chi connectivity index (χ0v) is 14.3. The number of benzene rings is 3. The highest BCUT2D eigenvalue weighted by molar-refractivity contribution is 6.18. The van der Waals surface area contributed by atoms with E-state index in [1.165, 1.54) is 0 Å². The molecule has 0 saturated carbocycles. The second kappa shape index (κ2) is 7.02. The molecule has 0 fully saturated rings. The summed E-state index contributed by atoms with van der Waals surface area (Å²) in [4.78, 5) is 26.2. The second-order valence-corrected chi connectivity index (χ2v) is 6.18. The number of rotatable bonds is 4. The van der Waals surface area contributed by atoms with Crippen molar-refractivity contribution in [2.24, 2.45) is 0 Å². The lowest BCUT2D eigenvalue weighted by Crippen LogP contribution is -2.26. The third-order valence-electron chi connectivity index (χ3n) is 4.47. The number of ether oxygens (including phenoxy) is 1. The summed E-state index contributed by atoms with van der Waals surface area (Å²) in [6, 6.07) is 24.0. The molecule has 0 bridgehead atoms. The van der Waals surface area contributed by atoms with Crippen molar-refractivity contribution < 1.29 is 19.4 Å². The number of ketones is 2. The third kappa shape index (κ3) is 3.07. The molecule has 132 valence electrons. The Bertz CT molecular complexity index is 1040. The molecule has 4 rings (SSSR count). The molecular formula is C23H16O4. The number of carbonyl (C=O) groups excluding carboxylic acids is 2. The van der Waals surface area contributed by atoms with Gasteiger partial charge in [0.05, 0.1) is 5.57 Å². The molecule has 0 spiro atoms. The van der Waals surface area contributed by atoms with Gasteiger partial charge in [0.1, 0.15) is 11.9 Å². The van der Waals surface area contributed by atoms with Gasteiger partial charge in [-0.1, -0.05) is 78.9 Å². The van der Waals surface area contributed by atoms with E-state index in [9.17, 15) is 14.7 Å². The minimum Gasteiger partial charge on any atom is -0.452 e. The van der Waals surface area contributed by atoms with Gasteiger partial charge in [-0.3, -0.25) is 9.59 Å². The van der Waals surface area contributed by atoms with E-state index >= 15 is 0 Å². The van der Waals surface area contributed by atoms with Crippen LogP contribution >= 0.6 is 0 Å². The molecule has 1 atom stereocenters. The zero-order valence-electron chi connectivity index (χ0n) is 14.3. The average Bonchev–Trinajstić information content (AvgIpc) is 2.74. The predicted octanol–water partition coefficient (Wildman–Crippen LogP) is 4.13. The Morgan fingerprint density at radius 3 is 1.85 bits per heavy atom. The lowest BCUT2D eigenvalue weighted by molar-refractivity contribution is 0.0903. The Morgan fingerprint density at radius 2 is 1.22 bits per heavy atom. The highest BCUT2D eigenvalue weighted by Crippen LogP contribution is 2.39. The molecule has 0 radical (unpaired) electrons. The molecular weight excluding hydrogens is 340 g/mol. The van der Waals surface area contributed by atoms with Gasteiger partial charge < -0.3 is 9.84 Å². The van der Waals surface area contributed by atoms with Crippen molar-refractivity contribution in [3.8, 4) is 5.75 Å². The Balaban J connectivity index is 1.88. The largest absolute Gasteiger partial charge is 0.452 e. The second-order valence-electron chi connectivity index (χ2n) is 6.18. The topological polar surface area (TPSA) is 63.6 Å². The van der Waals surface area contributed by atoms with Gasteiger partial charge in [-0.15, -0.1) is 0 Å². The molecule has 4 heteroatoms. The molecule has 0 aromatic heterocycles. The van der Waals surface area contributed by atoms with Gasteiger partial charge in [0.2, 0.25) is 5.78 Å². The number of hydrogen-bond acceptors (Lipinski definition) is 4. The van der Waals surface area contributed by atoms with Crippen LogP contribution in [0, 0.1) is 0 Å². The first-order chi connectivity index (χ1) is 13.2. The summed E-state index contributed by atoms with van der Waals surface area (Å²) >= 11 is 0. The van der Waals surface area contributed by atoms with E-state index in [2.05, 4.69) is 0 Å². The molecule has 0 amide bonds. The maximum Gasteiger partial charge on any atom is 0.228 e. The van der Waals surface area contributed by atoms with Crippen molar-refractivity contribution in [3.63, 3.8) is 0 Å². The Kier molecular flexibility index (Phi) is 4.40. The molecule has 3 aromatic carbocycles. The normalized spacial score (nSPS) is 15.7. The fourth-order valence-corrected chi connectivity index (χ4v) is 3.11. The summed E-state index contributed by atoms with van der Waals surface area (Å²) in [6.07, 6.45) is -1.25. The van der Waals surface area contributed by atoms with Crippen LogP contribution in [0.5, 0.6) is 5.75 Å². The van der Waals surface area contributed by atoms with Gasteiger partial charge in [0, 0.05) is 16.7 Å². The van der Waals surface area contributed by atoms with Crippen LogP contribution in [0.25, 0.3) is 0 Å². The summed E-state index contributed by atoms with van der Waals surface area (Å²) < 4.78 is 5.82. The monoisotopic (exact) mass is 356 g/mol. The maximum absolute atomic E-state index is 13.1. The van der Waals surface area contributed by atoms with Crippen molar-refractivity contribution >= 4 is 11.6 Å². The van der Waals surface area contributed by atoms with Crippen molar-refractivity contribution in [2.45, 2.75) is 6.10 Å². The standard InChI is InChI=1S/C23H16O4/c24-20(15-9-3-1-4-10-15)19-22(26)17-13-7-8-14-18(17)27-23(19)21(25)16-11-5-2-6-12-16/h1-14,22,26H. The molecule has 3 aromatic rings. The first kappa shape index (κ1) is 16.9. The van der Waals surface area contributed by atoms with Crippen molar-refractivity contribution in [3.05, 3.63) is 113 Å². The van der Waals surface area contributed by atoms with Gasteiger partial charge in [-0.2, -0.15) is 0 Å². The van der Waals surface area contributed by atoms with Crippen LogP contribution in [0.3, 0.4) is 0 Å². The first-order valence-corrected chi connectivity index (χ1v) is 8.55. The molecule has 1 N–H and O–H groups in total. The lowest BCUT2D eigenvalue weighted by Gasteiger charge is -2.26. The van der Waals surface area contributed by atoms with E-state index in [4.69, 9.17) is 4.74 Å². The zero-order chi connectivity index (χ0) is 18.8. The van der Waals surface area contributed by atoms with Gasteiger partial charge in [-0.25, -0.2) is 0 Å². The fraction of sp³-hybridized carbons (Fsp3) is 0.0435. The number of fused-ring (bicyclic) bond motifs is 1. The molecule has 1 aliphatic rings. The minimum absolute atomic E-state index is 0.0475. The molecule has 1 unspecified atom stereocenters. The summed E-state index contributed by atoms with van der Waals surface area (Å²) in [5.41, 5.74) is 1.18. The molecule has 27 heavy (non-hydrogen) atoms. The summed E-state index contributed by atoms with van der Waals surface area (Å²) in [5, 5.41) is 10.9. The highest BCUT2D eigenvalue weighted by Gasteiger charge is 2.36. The molecule has 0 saturated heterocycles. The fourth-order valence-electron chi connectivity index (χ4n) is 3.11. The summed E-state index contributed by atoms with van der Waals surface area (Å²) in [7, 11) is 0. The smallest absolute Gasteiger partial charge is 0.228 e. The third-order valence-corrected chi connectivity index (χ3v) is 4.47. The number of hydrogen-bond donors (Lipinski definition) is 1. The van der Waals surface area contributed by atoms with Gasteiger partial charge >= 0.3 is 0 Å². The van der Waals surface area contributed by atoms with Crippen LogP contribution < -0.4 is 4.74 Å². The highest BCUT2D eigenvalue weighted by atomic mass is 16.5.